The molecule has 0 aliphatic carbocycles. The molecule has 1 aliphatic heterocycles. The second-order valence-corrected chi connectivity index (χ2v) is 6.53. The summed E-state index contributed by atoms with van der Waals surface area (Å²) in [6.07, 6.45) is 0.826. The molecule has 1 fully saturated rings. The van der Waals surface area contributed by atoms with E-state index < -0.39 is 17.5 Å². The Kier molecular flexibility index (Phi) is 4.97. The molecule has 3 rings (SSSR count). The van der Waals surface area contributed by atoms with Crippen LogP contribution in [0.1, 0.15) is 24.0 Å². The number of carbonyl (C=O) groups is 2. The predicted molar refractivity (Wildman–Crippen MR) is 94.4 cm³/mol. The van der Waals surface area contributed by atoms with E-state index >= 15 is 0 Å². The van der Waals surface area contributed by atoms with E-state index in [1.54, 1.807) is 30.0 Å². The molecule has 1 aromatic carbocycles. The van der Waals surface area contributed by atoms with E-state index in [1.165, 1.54) is 7.11 Å². The number of hydrogen-bond acceptors (Lipinski definition) is 5. The molecular formula is C19H21NO6. The van der Waals surface area contributed by atoms with Crippen molar-refractivity contribution >= 4 is 22.8 Å². The zero-order valence-electron chi connectivity index (χ0n) is 14.8. The Morgan fingerprint density at radius 2 is 2.00 bits per heavy atom. The third kappa shape index (κ3) is 3.42. The van der Waals surface area contributed by atoms with E-state index in [1.807, 2.05) is 0 Å². The number of carbonyl (C=O) groups excluding carboxylic acids is 1. The van der Waals surface area contributed by atoms with Gasteiger partial charge in [0.25, 0.3) is 0 Å². The highest BCUT2D eigenvalue weighted by Gasteiger charge is 2.27. The lowest BCUT2D eigenvalue weighted by atomic mass is 9.96. The topological polar surface area (TPSA) is 97.0 Å². The number of amides is 1. The number of nitrogens with zero attached hydrogens (tertiary/aromatic N) is 1. The van der Waals surface area contributed by atoms with Gasteiger partial charge in [0, 0.05) is 24.5 Å². The minimum atomic E-state index is -0.821. The first kappa shape index (κ1) is 18.0. The molecule has 26 heavy (non-hydrogen) atoms. The van der Waals surface area contributed by atoms with Crippen molar-refractivity contribution in [1.82, 2.24) is 4.90 Å². The van der Waals surface area contributed by atoms with Crippen molar-refractivity contribution in [3.05, 3.63) is 39.7 Å². The van der Waals surface area contributed by atoms with Crippen molar-refractivity contribution in [3.8, 4) is 5.75 Å². The van der Waals surface area contributed by atoms with Crippen LogP contribution in [0.3, 0.4) is 0 Å². The summed E-state index contributed by atoms with van der Waals surface area (Å²) in [6.45, 7) is 2.58. The van der Waals surface area contributed by atoms with Crippen LogP contribution in [-0.4, -0.2) is 42.1 Å². The van der Waals surface area contributed by atoms with Crippen LogP contribution in [0, 0.1) is 12.8 Å². The predicted octanol–water partition coefficient (Wildman–Crippen LogP) is 1.98. The number of hydrogen-bond donors (Lipinski definition) is 1. The third-order valence-corrected chi connectivity index (χ3v) is 5.02. The lowest BCUT2D eigenvalue weighted by Gasteiger charge is -2.30. The van der Waals surface area contributed by atoms with Crippen LogP contribution >= 0.6 is 0 Å². The maximum atomic E-state index is 12.6. The fourth-order valence-corrected chi connectivity index (χ4v) is 3.34. The van der Waals surface area contributed by atoms with Gasteiger partial charge in [-0.15, -0.1) is 0 Å². The van der Waals surface area contributed by atoms with Crippen LogP contribution in [0.4, 0.5) is 0 Å². The van der Waals surface area contributed by atoms with E-state index in [9.17, 15) is 14.4 Å². The largest absolute Gasteiger partial charge is 0.497 e. The number of carboxylic acids is 1. The summed E-state index contributed by atoms with van der Waals surface area (Å²) in [5.74, 6) is -0.817. The van der Waals surface area contributed by atoms with E-state index in [-0.39, 0.29) is 12.3 Å². The number of rotatable bonds is 4. The van der Waals surface area contributed by atoms with Crippen molar-refractivity contribution in [3.63, 3.8) is 0 Å². The van der Waals surface area contributed by atoms with E-state index in [0.717, 1.165) is 5.39 Å². The molecule has 0 saturated carbocycles. The first-order valence-electron chi connectivity index (χ1n) is 8.51. The Morgan fingerprint density at radius 3 is 2.62 bits per heavy atom. The molecule has 1 saturated heterocycles. The highest BCUT2D eigenvalue weighted by Crippen LogP contribution is 2.25. The molecule has 0 bridgehead atoms. The fraction of sp³-hybridized carbons (Fsp3) is 0.421. The van der Waals surface area contributed by atoms with Gasteiger partial charge in [0.05, 0.1) is 25.0 Å². The van der Waals surface area contributed by atoms with Crippen molar-refractivity contribution in [2.24, 2.45) is 5.92 Å². The molecule has 1 amide bonds. The van der Waals surface area contributed by atoms with Gasteiger partial charge in [-0.1, -0.05) is 0 Å². The first-order valence-corrected chi connectivity index (χ1v) is 8.51. The zero-order chi connectivity index (χ0) is 18.8. The summed E-state index contributed by atoms with van der Waals surface area (Å²) in [4.78, 5) is 37.6. The molecule has 0 spiro atoms. The molecular weight excluding hydrogens is 338 g/mol. The summed E-state index contributed by atoms with van der Waals surface area (Å²) >= 11 is 0. The van der Waals surface area contributed by atoms with E-state index in [2.05, 4.69) is 0 Å². The normalized spacial score (nSPS) is 15.2. The molecule has 0 unspecified atom stereocenters. The lowest BCUT2D eigenvalue weighted by Crippen LogP contribution is -2.41. The summed E-state index contributed by atoms with van der Waals surface area (Å²) < 4.78 is 10.5. The molecule has 7 nitrogen and oxygen atoms in total. The quantitative estimate of drug-likeness (QED) is 0.839. The molecule has 138 valence electrons. The van der Waals surface area contributed by atoms with Gasteiger partial charge in [-0.05, 0) is 37.5 Å². The number of fused-ring (bicyclic) bond motifs is 1. The number of benzene rings is 1. The molecule has 1 aromatic heterocycles. The number of methoxy groups -OCH3 is 1. The van der Waals surface area contributed by atoms with E-state index in [4.69, 9.17) is 14.3 Å². The number of aryl methyl sites for hydroxylation is 1. The Bertz CT molecular complexity index is 908. The maximum absolute atomic E-state index is 12.6. The van der Waals surface area contributed by atoms with Crippen LogP contribution < -0.4 is 10.4 Å². The van der Waals surface area contributed by atoms with Crippen LogP contribution in [-0.2, 0) is 16.0 Å². The van der Waals surface area contributed by atoms with Gasteiger partial charge in [-0.25, -0.2) is 4.79 Å². The van der Waals surface area contributed by atoms with Crippen molar-refractivity contribution in [2.45, 2.75) is 26.2 Å². The molecule has 0 atom stereocenters. The molecule has 2 heterocycles. The van der Waals surface area contributed by atoms with Gasteiger partial charge in [0.1, 0.15) is 11.3 Å². The highest BCUT2D eigenvalue weighted by molar-refractivity contribution is 5.85. The molecule has 1 aliphatic rings. The summed E-state index contributed by atoms with van der Waals surface area (Å²) in [5, 5.41) is 9.80. The van der Waals surface area contributed by atoms with Crippen molar-refractivity contribution < 1.29 is 23.8 Å². The first-order chi connectivity index (χ1) is 12.4. The van der Waals surface area contributed by atoms with Crippen LogP contribution in [0.15, 0.2) is 27.4 Å². The summed E-state index contributed by atoms with van der Waals surface area (Å²) in [7, 11) is 1.53. The smallest absolute Gasteiger partial charge is 0.340 e. The maximum Gasteiger partial charge on any atom is 0.340 e. The van der Waals surface area contributed by atoms with Crippen LogP contribution in [0.2, 0.25) is 0 Å². The second kappa shape index (κ2) is 7.19. The summed E-state index contributed by atoms with van der Waals surface area (Å²) in [5.41, 5.74) is 0.947. The monoisotopic (exact) mass is 359 g/mol. The fourth-order valence-electron chi connectivity index (χ4n) is 3.34. The van der Waals surface area contributed by atoms with Gasteiger partial charge < -0.3 is 19.2 Å². The average molecular weight is 359 g/mol. The molecule has 2 aromatic rings. The molecule has 7 heteroatoms. The van der Waals surface area contributed by atoms with Crippen molar-refractivity contribution in [2.75, 3.05) is 20.2 Å². The van der Waals surface area contributed by atoms with Gasteiger partial charge in [0.2, 0.25) is 5.91 Å². The minimum Gasteiger partial charge on any atom is -0.497 e. The standard InChI is InChI=1S/C19H21NO6/c1-11-14-4-3-13(25-2)9-16(14)26-19(24)15(11)10-17(21)20-7-5-12(6-8-20)18(22)23/h3-4,9,12H,5-8,10H2,1-2H3,(H,22,23). The molecule has 0 radical (unpaired) electrons. The average Bonchev–Trinajstić information content (AvgIpc) is 2.64. The van der Waals surface area contributed by atoms with Gasteiger partial charge >= 0.3 is 11.6 Å². The number of ether oxygens (including phenoxy) is 1. The van der Waals surface area contributed by atoms with Gasteiger partial charge in [-0.3, -0.25) is 9.59 Å². The Balaban J connectivity index is 1.81. The van der Waals surface area contributed by atoms with Gasteiger partial charge in [0.15, 0.2) is 0 Å². The SMILES string of the molecule is COc1ccc2c(C)c(CC(=O)N3CCC(C(=O)O)CC3)c(=O)oc2c1. The van der Waals surface area contributed by atoms with Crippen LogP contribution in [0.5, 0.6) is 5.75 Å². The lowest BCUT2D eigenvalue weighted by molar-refractivity contribution is -0.145. The number of carboxylic acid groups (broad SMARTS) is 1. The van der Waals surface area contributed by atoms with Crippen LogP contribution in [0.25, 0.3) is 11.0 Å². The van der Waals surface area contributed by atoms with Gasteiger partial charge in [-0.2, -0.15) is 0 Å². The van der Waals surface area contributed by atoms with Crippen molar-refractivity contribution in [1.29, 1.82) is 0 Å². The molecule has 1 N–H and O–H groups in total. The minimum absolute atomic E-state index is 0.0477. The zero-order valence-corrected chi connectivity index (χ0v) is 14.8. The second-order valence-electron chi connectivity index (χ2n) is 6.53. The number of piperidine rings is 1. The third-order valence-electron chi connectivity index (χ3n) is 5.02. The number of aliphatic carboxylic acids is 1. The summed E-state index contributed by atoms with van der Waals surface area (Å²) in [6, 6.07) is 5.22. The highest BCUT2D eigenvalue weighted by atomic mass is 16.5. The Labute approximate surface area is 150 Å². The Hall–Kier alpha value is -2.83. The number of likely N-dealkylation sites (tertiary alicyclic amines) is 1. The van der Waals surface area contributed by atoms with E-state index in [0.29, 0.717) is 48.4 Å². The Morgan fingerprint density at radius 1 is 1.31 bits per heavy atom.